The monoisotopic (exact) mass is 291 g/mol. The molecule has 1 N–H and O–H groups in total. The zero-order chi connectivity index (χ0) is 14.5. The second-order valence-corrected chi connectivity index (χ2v) is 5.19. The number of hydrogen-bond donors (Lipinski definition) is 1. The predicted octanol–water partition coefficient (Wildman–Crippen LogP) is 2.48. The molecule has 2 rings (SSSR count). The van der Waals surface area contributed by atoms with Crippen molar-refractivity contribution in [3.63, 3.8) is 0 Å². The second-order valence-electron chi connectivity index (χ2n) is 4.78. The van der Waals surface area contributed by atoms with Crippen molar-refractivity contribution in [3.8, 4) is 0 Å². The van der Waals surface area contributed by atoms with Gasteiger partial charge in [0, 0.05) is 24.8 Å². The van der Waals surface area contributed by atoms with Crippen LogP contribution in [0.15, 0.2) is 42.6 Å². The molecular weight excluding hydrogens is 274 g/mol. The number of ketones is 1. The fraction of sp³-hybridized carbons (Fsp3) is 0.267. The maximum absolute atomic E-state index is 12.5. The zero-order valence-corrected chi connectivity index (χ0v) is 12.4. The van der Waals surface area contributed by atoms with Crippen molar-refractivity contribution in [1.29, 1.82) is 0 Å². The first-order chi connectivity index (χ1) is 9.59. The molecule has 0 radical (unpaired) electrons. The van der Waals surface area contributed by atoms with Crippen molar-refractivity contribution in [3.05, 3.63) is 58.9 Å². The number of carbonyl (C=O) groups excluding carboxylic acids is 1. The molecule has 2 aromatic rings. The van der Waals surface area contributed by atoms with E-state index in [9.17, 15) is 4.79 Å². The van der Waals surface area contributed by atoms with Gasteiger partial charge in [-0.15, -0.1) is 0 Å². The summed E-state index contributed by atoms with van der Waals surface area (Å²) in [5.74, 6) is -0.0852. The van der Waals surface area contributed by atoms with E-state index in [0.29, 0.717) is 16.3 Å². The molecule has 0 unspecified atom stereocenters. The van der Waals surface area contributed by atoms with E-state index < -0.39 is 0 Å². The Morgan fingerprint density at radius 1 is 1.25 bits per heavy atom. The van der Waals surface area contributed by atoms with Gasteiger partial charge >= 0.3 is 0 Å². The Labute approximate surface area is 123 Å². The lowest BCUT2D eigenvalue weighted by Crippen LogP contribution is -2.27. The molecule has 0 aliphatic heterocycles. The van der Waals surface area contributed by atoms with E-state index in [-0.39, 0.29) is 5.78 Å². The van der Waals surface area contributed by atoms with E-state index >= 15 is 0 Å². The van der Waals surface area contributed by atoms with E-state index in [1.54, 1.807) is 22.9 Å². The van der Waals surface area contributed by atoms with Gasteiger partial charge < -0.3 is 10.3 Å². The van der Waals surface area contributed by atoms with E-state index in [4.69, 9.17) is 11.6 Å². The second kappa shape index (κ2) is 6.59. The molecule has 0 atom stereocenters. The molecule has 1 heterocycles. The summed E-state index contributed by atoms with van der Waals surface area (Å²) in [4.78, 5) is 14.6. The third-order valence-electron chi connectivity index (χ3n) is 2.94. The van der Waals surface area contributed by atoms with Crippen LogP contribution in [0.3, 0.4) is 0 Å². The van der Waals surface area contributed by atoms with Crippen LogP contribution in [0.1, 0.15) is 16.1 Å². The average molecular weight is 292 g/mol. The normalized spacial score (nSPS) is 10.8. The van der Waals surface area contributed by atoms with Crippen LogP contribution in [0, 0.1) is 0 Å². The van der Waals surface area contributed by atoms with Crippen LogP contribution in [0.25, 0.3) is 0 Å². The minimum atomic E-state index is -0.0852. The highest BCUT2D eigenvalue weighted by Crippen LogP contribution is 2.19. The first-order valence-electron chi connectivity index (χ1n) is 6.45. The molecule has 1 aromatic carbocycles. The lowest BCUT2D eigenvalue weighted by atomic mass is 10.1. The van der Waals surface area contributed by atoms with Crippen LogP contribution in [0.2, 0.25) is 5.02 Å². The highest BCUT2D eigenvalue weighted by molar-refractivity contribution is 6.34. The molecule has 0 saturated carbocycles. The number of nitrogens with zero attached hydrogens (tertiary/aromatic N) is 2. The van der Waals surface area contributed by atoms with Gasteiger partial charge in [-0.1, -0.05) is 23.7 Å². The Balaban J connectivity index is 2.15. The van der Waals surface area contributed by atoms with Crippen molar-refractivity contribution in [1.82, 2.24) is 9.58 Å². The summed E-state index contributed by atoms with van der Waals surface area (Å²) < 4.78 is 1.75. The Morgan fingerprint density at radius 2 is 2.00 bits per heavy atom. The molecule has 0 aliphatic rings. The summed E-state index contributed by atoms with van der Waals surface area (Å²) >= 11 is 6.08. The maximum Gasteiger partial charge on any atom is 0.212 e. The lowest BCUT2D eigenvalue weighted by Gasteiger charge is -2.14. The molecular formula is C15H18ClN3O. The molecule has 0 saturated heterocycles. The van der Waals surface area contributed by atoms with Gasteiger partial charge in [0.25, 0.3) is 0 Å². The van der Waals surface area contributed by atoms with Gasteiger partial charge in [-0.25, -0.2) is 0 Å². The van der Waals surface area contributed by atoms with Crippen LogP contribution < -0.4 is 5.43 Å². The number of benzene rings is 1. The summed E-state index contributed by atoms with van der Waals surface area (Å²) in [6, 6.07) is 10.7. The SMILES string of the molecule is CN(C)CCNn1cccc1C(=O)c1ccccc1Cl. The lowest BCUT2D eigenvalue weighted by molar-refractivity contribution is 0.103. The third-order valence-corrected chi connectivity index (χ3v) is 3.27. The van der Waals surface area contributed by atoms with Gasteiger partial charge in [0.05, 0.1) is 5.02 Å². The summed E-state index contributed by atoms with van der Waals surface area (Å²) in [7, 11) is 4.01. The van der Waals surface area contributed by atoms with E-state index in [1.807, 2.05) is 38.5 Å². The fourth-order valence-corrected chi connectivity index (χ4v) is 2.10. The fourth-order valence-electron chi connectivity index (χ4n) is 1.88. The van der Waals surface area contributed by atoms with Crippen molar-refractivity contribution in [2.24, 2.45) is 0 Å². The minimum Gasteiger partial charge on any atom is -0.324 e. The minimum absolute atomic E-state index is 0.0852. The Hall–Kier alpha value is -1.78. The van der Waals surface area contributed by atoms with E-state index in [2.05, 4.69) is 10.3 Å². The molecule has 0 aliphatic carbocycles. The Kier molecular flexibility index (Phi) is 4.82. The van der Waals surface area contributed by atoms with Crippen LogP contribution in [-0.4, -0.2) is 42.5 Å². The van der Waals surface area contributed by atoms with Gasteiger partial charge in [0.1, 0.15) is 5.69 Å². The molecule has 4 nitrogen and oxygen atoms in total. The molecule has 5 heteroatoms. The first-order valence-corrected chi connectivity index (χ1v) is 6.82. The summed E-state index contributed by atoms with van der Waals surface area (Å²) in [6.45, 7) is 1.64. The molecule has 106 valence electrons. The number of halogens is 1. The number of likely N-dealkylation sites (N-methyl/N-ethyl adjacent to an activating group) is 1. The maximum atomic E-state index is 12.5. The van der Waals surface area contributed by atoms with Crippen molar-refractivity contribution >= 4 is 17.4 Å². The summed E-state index contributed by atoms with van der Waals surface area (Å²) in [5, 5.41) is 0.471. The predicted molar refractivity (Wildman–Crippen MR) is 82.1 cm³/mol. The van der Waals surface area contributed by atoms with Crippen molar-refractivity contribution < 1.29 is 4.79 Å². The van der Waals surface area contributed by atoms with Gasteiger partial charge in [-0.05, 0) is 38.4 Å². The number of carbonyl (C=O) groups is 1. The van der Waals surface area contributed by atoms with Crippen molar-refractivity contribution in [2.45, 2.75) is 0 Å². The largest absolute Gasteiger partial charge is 0.324 e. The molecule has 0 spiro atoms. The third kappa shape index (κ3) is 3.40. The average Bonchev–Trinajstić information content (AvgIpc) is 2.86. The number of aromatic nitrogens is 1. The van der Waals surface area contributed by atoms with E-state index in [1.165, 1.54) is 0 Å². The number of rotatable bonds is 6. The Bertz CT molecular complexity index is 592. The molecule has 0 bridgehead atoms. The number of hydrogen-bond acceptors (Lipinski definition) is 3. The smallest absolute Gasteiger partial charge is 0.212 e. The number of nitrogens with one attached hydrogen (secondary N) is 1. The van der Waals surface area contributed by atoms with Crippen LogP contribution in [0.4, 0.5) is 0 Å². The highest BCUT2D eigenvalue weighted by Gasteiger charge is 2.15. The van der Waals surface area contributed by atoms with Crippen LogP contribution >= 0.6 is 11.6 Å². The molecule has 0 fully saturated rings. The summed E-state index contributed by atoms with van der Waals surface area (Å²) in [6.07, 6.45) is 1.83. The topological polar surface area (TPSA) is 37.3 Å². The molecule has 0 amide bonds. The first kappa shape index (κ1) is 14.6. The van der Waals surface area contributed by atoms with E-state index in [0.717, 1.165) is 13.1 Å². The molecule has 20 heavy (non-hydrogen) atoms. The van der Waals surface area contributed by atoms with Crippen LogP contribution in [-0.2, 0) is 0 Å². The quantitative estimate of drug-likeness (QED) is 0.831. The van der Waals surface area contributed by atoms with Crippen LogP contribution in [0.5, 0.6) is 0 Å². The van der Waals surface area contributed by atoms with Gasteiger partial charge in [0.2, 0.25) is 5.78 Å². The highest BCUT2D eigenvalue weighted by atomic mass is 35.5. The van der Waals surface area contributed by atoms with Gasteiger partial charge in [-0.3, -0.25) is 9.47 Å². The summed E-state index contributed by atoms with van der Waals surface area (Å²) in [5.41, 5.74) is 4.30. The standard InChI is InChI=1S/C15H18ClN3O/c1-18(2)11-9-17-19-10-5-8-14(19)15(20)12-6-3-4-7-13(12)16/h3-8,10,17H,9,11H2,1-2H3. The zero-order valence-electron chi connectivity index (χ0n) is 11.6. The molecule has 1 aromatic heterocycles. The van der Waals surface area contributed by atoms with Gasteiger partial charge in [0.15, 0.2) is 0 Å². The Morgan fingerprint density at radius 3 is 2.70 bits per heavy atom. The van der Waals surface area contributed by atoms with Gasteiger partial charge in [-0.2, -0.15) is 0 Å². The van der Waals surface area contributed by atoms with Crippen molar-refractivity contribution in [2.75, 3.05) is 32.6 Å².